The molecule has 0 saturated carbocycles. The molecule has 0 aliphatic carbocycles. The standard InChI is InChI=1S/C16H21BrN2O/c1-3-9-20-11-15(18-4-2)16-13(17)10-12-7-5-6-8-14(12)19-16/h5-8,10,15,18H,3-4,9,11H2,1-2H3. The van der Waals surface area contributed by atoms with Crippen LogP contribution in [-0.4, -0.2) is 24.7 Å². The average Bonchev–Trinajstić information content (AvgIpc) is 2.46. The van der Waals surface area contributed by atoms with Crippen molar-refractivity contribution in [3.8, 4) is 0 Å². The predicted molar refractivity (Wildman–Crippen MR) is 87.0 cm³/mol. The van der Waals surface area contributed by atoms with Gasteiger partial charge in [0.1, 0.15) is 0 Å². The van der Waals surface area contributed by atoms with Crippen LogP contribution in [0.3, 0.4) is 0 Å². The average molecular weight is 337 g/mol. The predicted octanol–water partition coefficient (Wildman–Crippen LogP) is 4.07. The molecule has 1 atom stereocenters. The Morgan fingerprint density at radius 3 is 2.85 bits per heavy atom. The van der Waals surface area contributed by atoms with Gasteiger partial charge in [0.15, 0.2) is 0 Å². The summed E-state index contributed by atoms with van der Waals surface area (Å²) in [5, 5.41) is 4.59. The molecule has 1 N–H and O–H groups in total. The lowest BCUT2D eigenvalue weighted by atomic mass is 10.1. The zero-order valence-corrected chi connectivity index (χ0v) is 13.6. The van der Waals surface area contributed by atoms with E-state index in [0.29, 0.717) is 6.61 Å². The van der Waals surface area contributed by atoms with E-state index in [1.165, 1.54) is 0 Å². The Morgan fingerprint density at radius 2 is 2.10 bits per heavy atom. The third-order valence-corrected chi connectivity index (χ3v) is 3.75. The van der Waals surface area contributed by atoms with Crippen LogP contribution in [0.15, 0.2) is 34.8 Å². The SMILES string of the molecule is CCCOCC(NCC)c1nc2ccccc2cc1Br. The van der Waals surface area contributed by atoms with Gasteiger partial charge in [0.05, 0.1) is 23.9 Å². The summed E-state index contributed by atoms with van der Waals surface area (Å²) in [6.45, 7) is 6.54. The van der Waals surface area contributed by atoms with Crippen molar-refractivity contribution in [1.29, 1.82) is 0 Å². The number of aromatic nitrogens is 1. The second-order valence-electron chi connectivity index (χ2n) is 4.73. The van der Waals surface area contributed by atoms with Crippen molar-refractivity contribution >= 4 is 26.8 Å². The molecule has 1 aromatic heterocycles. The first kappa shape index (κ1) is 15.4. The summed E-state index contributed by atoms with van der Waals surface area (Å²) in [4.78, 5) is 4.78. The first-order chi connectivity index (χ1) is 9.76. The summed E-state index contributed by atoms with van der Waals surface area (Å²) in [5.41, 5.74) is 2.03. The van der Waals surface area contributed by atoms with Gasteiger partial charge in [-0.05, 0) is 41.0 Å². The largest absolute Gasteiger partial charge is 0.379 e. The fourth-order valence-corrected chi connectivity index (χ4v) is 2.79. The third-order valence-electron chi connectivity index (χ3n) is 3.12. The van der Waals surface area contributed by atoms with Crippen molar-refractivity contribution < 1.29 is 4.74 Å². The van der Waals surface area contributed by atoms with Gasteiger partial charge in [-0.1, -0.05) is 32.0 Å². The van der Waals surface area contributed by atoms with Crippen LogP contribution in [0.2, 0.25) is 0 Å². The van der Waals surface area contributed by atoms with Crippen molar-refractivity contribution in [2.75, 3.05) is 19.8 Å². The van der Waals surface area contributed by atoms with Gasteiger partial charge in [-0.15, -0.1) is 0 Å². The first-order valence-electron chi connectivity index (χ1n) is 7.12. The molecular formula is C16H21BrN2O. The quantitative estimate of drug-likeness (QED) is 0.773. The van der Waals surface area contributed by atoms with Crippen molar-refractivity contribution in [3.05, 3.63) is 40.5 Å². The smallest absolute Gasteiger partial charge is 0.0746 e. The van der Waals surface area contributed by atoms with E-state index in [9.17, 15) is 0 Å². The summed E-state index contributed by atoms with van der Waals surface area (Å²) in [6.07, 6.45) is 1.03. The van der Waals surface area contributed by atoms with Crippen LogP contribution < -0.4 is 5.32 Å². The number of fused-ring (bicyclic) bond motifs is 1. The number of hydrogen-bond donors (Lipinski definition) is 1. The zero-order valence-electron chi connectivity index (χ0n) is 12.0. The number of hydrogen-bond acceptors (Lipinski definition) is 3. The second-order valence-corrected chi connectivity index (χ2v) is 5.59. The van der Waals surface area contributed by atoms with Crippen LogP contribution in [0.4, 0.5) is 0 Å². The molecule has 0 saturated heterocycles. The van der Waals surface area contributed by atoms with E-state index in [1.54, 1.807) is 0 Å². The van der Waals surface area contributed by atoms with Crippen LogP contribution in [0.5, 0.6) is 0 Å². The number of nitrogens with one attached hydrogen (secondary N) is 1. The lowest BCUT2D eigenvalue weighted by Gasteiger charge is -2.19. The van der Waals surface area contributed by atoms with Gasteiger partial charge in [0, 0.05) is 16.5 Å². The summed E-state index contributed by atoms with van der Waals surface area (Å²) in [6, 6.07) is 10.4. The van der Waals surface area contributed by atoms with E-state index in [-0.39, 0.29) is 6.04 Å². The fourth-order valence-electron chi connectivity index (χ4n) is 2.18. The molecule has 1 aromatic carbocycles. The highest BCUT2D eigenvalue weighted by atomic mass is 79.9. The number of para-hydroxylation sites is 1. The molecule has 1 unspecified atom stereocenters. The second kappa shape index (κ2) is 7.72. The Balaban J connectivity index is 2.28. The third kappa shape index (κ3) is 3.78. The van der Waals surface area contributed by atoms with E-state index in [0.717, 1.165) is 40.6 Å². The first-order valence-corrected chi connectivity index (χ1v) is 7.91. The topological polar surface area (TPSA) is 34.1 Å². The van der Waals surface area contributed by atoms with Gasteiger partial charge in [0.2, 0.25) is 0 Å². The Kier molecular flexibility index (Phi) is 5.95. The maximum absolute atomic E-state index is 5.70. The molecule has 0 aliphatic rings. The van der Waals surface area contributed by atoms with Gasteiger partial charge in [-0.2, -0.15) is 0 Å². The highest BCUT2D eigenvalue weighted by Crippen LogP contribution is 2.26. The molecule has 0 spiro atoms. The number of nitrogens with zero attached hydrogens (tertiary/aromatic N) is 1. The molecule has 108 valence electrons. The summed E-state index contributed by atoms with van der Waals surface area (Å²) < 4.78 is 6.73. The molecule has 20 heavy (non-hydrogen) atoms. The molecule has 0 amide bonds. The lowest BCUT2D eigenvalue weighted by Crippen LogP contribution is -2.26. The number of ether oxygens (including phenoxy) is 1. The monoisotopic (exact) mass is 336 g/mol. The van der Waals surface area contributed by atoms with E-state index in [1.807, 2.05) is 18.2 Å². The summed E-state index contributed by atoms with van der Waals surface area (Å²) in [7, 11) is 0. The minimum absolute atomic E-state index is 0.116. The molecule has 4 heteroatoms. The van der Waals surface area contributed by atoms with Crippen molar-refractivity contribution in [1.82, 2.24) is 10.3 Å². The zero-order chi connectivity index (χ0) is 14.4. The Morgan fingerprint density at radius 1 is 1.30 bits per heavy atom. The van der Waals surface area contributed by atoms with Crippen LogP contribution in [-0.2, 0) is 4.74 Å². The van der Waals surface area contributed by atoms with Gasteiger partial charge >= 0.3 is 0 Å². The fraction of sp³-hybridized carbons (Fsp3) is 0.438. The number of likely N-dealkylation sites (N-methyl/N-ethyl adjacent to an activating group) is 1. The molecule has 1 heterocycles. The van der Waals surface area contributed by atoms with E-state index in [4.69, 9.17) is 9.72 Å². The lowest BCUT2D eigenvalue weighted by molar-refractivity contribution is 0.111. The minimum Gasteiger partial charge on any atom is -0.379 e. The van der Waals surface area contributed by atoms with E-state index < -0.39 is 0 Å². The molecule has 0 bridgehead atoms. The Labute approximate surface area is 128 Å². The minimum atomic E-state index is 0.116. The van der Waals surface area contributed by atoms with Crippen molar-refractivity contribution in [3.63, 3.8) is 0 Å². The molecule has 0 fully saturated rings. The molecule has 2 rings (SSSR count). The highest BCUT2D eigenvalue weighted by Gasteiger charge is 2.16. The van der Waals surface area contributed by atoms with Gasteiger partial charge < -0.3 is 10.1 Å². The van der Waals surface area contributed by atoms with Crippen LogP contribution in [0.1, 0.15) is 32.0 Å². The van der Waals surface area contributed by atoms with E-state index in [2.05, 4.69) is 47.2 Å². The number of pyridine rings is 1. The maximum Gasteiger partial charge on any atom is 0.0746 e. The summed E-state index contributed by atoms with van der Waals surface area (Å²) in [5.74, 6) is 0. The molecule has 0 aliphatic heterocycles. The normalized spacial score (nSPS) is 12.8. The van der Waals surface area contributed by atoms with Gasteiger partial charge in [-0.3, -0.25) is 0 Å². The maximum atomic E-state index is 5.70. The molecule has 0 radical (unpaired) electrons. The Bertz CT molecular complexity index is 559. The van der Waals surface area contributed by atoms with Crippen LogP contribution in [0.25, 0.3) is 10.9 Å². The molecule has 3 nitrogen and oxygen atoms in total. The Hall–Kier alpha value is -0.970. The van der Waals surface area contributed by atoms with Crippen molar-refractivity contribution in [2.45, 2.75) is 26.3 Å². The van der Waals surface area contributed by atoms with Crippen LogP contribution in [0, 0.1) is 0 Å². The van der Waals surface area contributed by atoms with Crippen molar-refractivity contribution in [2.24, 2.45) is 0 Å². The van der Waals surface area contributed by atoms with Gasteiger partial charge in [-0.25, -0.2) is 4.98 Å². The molecular weight excluding hydrogens is 316 g/mol. The number of benzene rings is 1. The number of rotatable bonds is 7. The highest BCUT2D eigenvalue weighted by molar-refractivity contribution is 9.10. The summed E-state index contributed by atoms with van der Waals surface area (Å²) >= 11 is 3.64. The van der Waals surface area contributed by atoms with Crippen LogP contribution >= 0.6 is 15.9 Å². The molecule has 2 aromatic rings. The number of halogens is 1. The van der Waals surface area contributed by atoms with E-state index >= 15 is 0 Å². The van der Waals surface area contributed by atoms with Gasteiger partial charge in [0.25, 0.3) is 0 Å².